The molecule has 1 aliphatic carbocycles. The summed E-state index contributed by atoms with van der Waals surface area (Å²) in [5.74, 6) is 0.174. The van der Waals surface area contributed by atoms with Crippen molar-refractivity contribution in [1.29, 1.82) is 5.26 Å². The molecule has 23 heavy (non-hydrogen) atoms. The molecule has 1 aromatic heterocycles. The molecule has 5 rings (SSSR count). The lowest BCUT2D eigenvalue weighted by Crippen LogP contribution is -2.59. The maximum Gasteiger partial charge on any atom is 0.243 e. The number of aromatic nitrogens is 1. The SMILES string of the molecule is N#CC1(Cl)CC2C=CC1N(C(=O)Cn1ccc3ccccc31)C2. The molecular formula is C18H16ClN3O. The van der Waals surface area contributed by atoms with Crippen LogP contribution in [0.3, 0.4) is 0 Å². The van der Waals surface area contributed by atoms with Crippen molar-refractivity contribution in [3.05, 3.63) is 48.7 Å². The van der Waals surface area contributed by atoms with E-state index in [-0.39, 0.29) is 24.4 Å². The maximum atomic E-state index is 12.8. The number of hydrogen-bond acceptors (Lipinski definition) is 2. The normalized spacial score (nSPS) is 29.0. The second-order valence-electron chi connectivity index (χ2n) is 6.32. The third-order valence-corrected chi connectivity index (χ3v) is 5.32. The van der Waals surface area contributed by atoms with E-state index in [0.29, 0.717) is 13.0 Å². The van der Waals surface area contributed by atoms with Crippen molar-refractivity contribution in [3.63, 3.8) is 0 Å². The van der Waals surface area contributed by atoms with E-state index in [2.05, 4.69) is 12.1 Å². The van der Waals surface area contributed by atoms with Crippen LogP contribution in [-0.4, -0.2) is 32.8 Å². The van der Waals surface area contributed by atoms with Crippen LogP contribution in [0.2, 0.25) is 0 Å². The number of amides is 1. The van der Waals surface area contributed by atoms with Gasteiger partial charge in [-0.2, -0.15) is 5.26 Å². The van der Waals surface area contributed by atoms with Crippen molar-refractivity contribution < 1.29 is 4.79 Å². The predicted molar refractivity (Wildman–Crippen MR) is 88.9 cm³/mol. The van der Waals surface area contributed by atoms with Gasteiger partial charge in [-0.1, -0.05) is 30.4 Å². The molecular weight excluding hydrogens is 310 g/mol. The van der Waals surface area contributed by atoms with E-state index >= 15 is 0 Å². The van der Waals surface area contributed by atoms with Crippen molar-refractivity contribution in [1.82, 2.24) is 9.47 Å². The monoisotopic (exact) mass is 325 g/mol. The third kappa shape index (κ3) is 2.24. The molecule has 3 atom stereocenters. The van der Waals surface area contributed by atoms with Crippen LogP contribution in [-0.2, 0) is 11.3 Å². The number of para-hydroxylation sites is 1. The van der Waals surface area contributed by atoms with Gasteiger partial charge >= 0.3 is 0 Å². The number of nitrogens with zero attached hydrogens (tertiary/aromatic N) is 3. The fourth-order valence-electron chi connectivity index (χ4n) is 3.71. The molecule has 3 unspecified atom stereocenters. The third-order valence-electron chi connectivity index (χ3n) is 4.85. The molecule has 1 amide bonds. The first kappa shape index (κ1) is 14.3. The molecule has 0 N–H and O–H groups in total. The number of rotatable bonds is 2. The Morgan fingerprint density at radius 3 is 2.96 bits per heavy atom. The van der Waals surface area contributed by atoms with Crippen molar-refractivity contribution >= 4 is 28.4 Å². The number of hydrogen-bond donors (Lipinski definition) is 0. The lowest BCUT2D eigenvalue weighted by molar-refractivity contribution is -0.136. The molecule has 1 saturated heterocycles. The molecule has 2 aliphatic heterocycles. The summed E-state index contributed by atoms with van der Waals surface area (Å²) in [5, 5.41) is 10.5. The van der Waals surface area contributed by atoms with Gasteiger partial charge < -0.3 is 9.47 Å². The second-order valence-corrected chi connectivity index (χ2v) is 6.99. The Balaban J connectivity index is 1.61. The van der Waals surface area contributed by atoms with Gasteiger partial charge in [0.1, 0.15) is 6.54 Å². The van der Waals surface area contributed by atoms with Crippen molar-refractivity contribution in [2.75, 3.05) is 6.54 Å². The van der Waals surface area contributed by atoms with Crippen LogP contribution < -0.4 is 0 Å². The van der Waals surface area contributed by atoms with E-state index in [1.54, 1.807) is 4.90 Å². The summed E-state index contributed by atoms with van der Waals surface area (Å²) in [6.07, 6.45) is 6.54. The lowest BCUT2D eigenvalue weighted by atomic mass is 9.77. The van der Waals surface area contributed by atoms with E-state index in [4.69, 9.17) is 11.6 Å². The summed E-state index contributed by atoms with van der Waals surface area (Å²) in [6.45, 7) is 0.915. The van der Waals surface area contributed by atoms with Crippen LogP contribution in [0.4, 0.5) is 0 Å². The van der Waals surface area contributed by atoms with Gasteiger partial charge in [0.15, 0.2) is 4.87 Å². The first-order valence-electron chi connectivity index (χ1n) is 7.72. The topological polar surface area (TPSA) is 49.0 Å². The average molecular weight is 326 g/mol. The van der Waals surface area contributed by atoms with Gasteiger partial charge in [-0.05, 0) is 29.9 Å². The van der Waals surface area contributed by atoms with Gasteiger partial charge in [0.25, 0.3) is 0 Å². The van der Waals surface area contributed by atoms with Crippen molar-refractivity contribution in [2.45, 2.75) is 23.9 Å². The zero-order chi connectivity index (χ0) is 16.0. The number of carbonyl (C=O) groups is 1. The minimum atomic E-state index is -0.994. The van der Waals surface area contributed by atoms with E-state index in [1.807, 2.05) is 47.2 Å². The summed E-state index contributed by atoms with van der Waals surface area (Å²) in [7, 11) is 0. The van der Waals surface area contributed by atoms with Gasteiger partial charge in [0.2, 0.25) is 5.91 Å². The quantitative estimate of drug-likeness (QED) is 0.629. The number of fused-ring (bicyclic) bond motifs is 3. The van der Waals surface area contributed by atoms with Crippen molar-refractivity contribution in [2.24, 2.45) is 5.92 Å². The van der Waals surface area contributed by atoms with E-state index in [0.717, 1.165) is 10.9 Å². The molecule has 2 bridgehead atoms. The molecule has 3 aliphatic rings. The summed E-state index contributed by atoms with van der Waals surface area (Å²) in [5.41, 5.74) is 1.04. The zero-order valence-electron chi connectivity index (χ0n) is 12.5. The number of halogens is 1. The second kappa shape index (κ2) is 5.14. The fraction of sp³-hybridized carbons (Fsp3) is 0.333. The Kier molecular flexibility index (Phi) is 3.21. The molecule has 5 heteroatoms. The lowest BCUT2D eigenvalue weighted by Gasteiger charge is -2.47. The first-order valence-corrected chi connectivity index (χ1v) is 8.10. The molecule has 1 aromatic carbocycles. The van der Waals surface area contributed by atoms with Crippen LogP contribution in [0.25, 0.3) is 10.9 Å². The molecule has 1 fully saturated rings. The molecule has 2 aromatic rings. The van der Waals surface area contributed by atoms with Crippen LogP contribution in [0.15, 0.2) is 48.7 Å². The molecule has 4 nitrogen and oxygen atoms in total. The highest BCUT2D eigenvalue weighted by atomic mass is 35.5. The molecule has 116 valence electrons. The van der Waals surface area contributed by atoms with E-state index < -0.39 is 4.87 Å². The minimum Gasteiger partial charge on any atom is -0.338 e. The number of benzene rings is 1. The standard InChI is InChI=1S/C18H16ClN3O/c19-18(12-20)9-13-5-6-16(18)22(10-13)17(23)11-21-8-7-14-3-1-2-4-15(14)21/h1-8,13,16H,9-11H2. The van der Waals surface area contributed by atoms with Crippen LogP contribution >= 0.6 is 11.6 Å². The summed E-state index contributed by atoms with van der Waals surface area (Å²) >= 11 is 6.46. The Hall–Kier alpha value is -2.25. The highest BCUT2D eigenvalue weighted by Gasteiger charge is 2.49. The Morgan fingerprint density at radius 2 is 2.17 bits per heavy atom. The van der Waals surface area contributed by atoms with Gasteiger partial charge in [-0.15, -0.1) is 11.6 Å². The minimum absolute atomic E-state index is 0.00526. The van der Waals surface area contributed by atoms with Crippen LogP contribution in [0.1, 0.15) is 6.42 Å². The predicted octanol–water partition coefficient (Wildman–Crippen LogP) is 2.93. The highest BCUT2D eigenvalue weighted by Crippen LogP contribution is 2.41. The number of nitriles is 1. The van der Waals surface area contributed by atoms with Gasteiger partial charge in [0, 0.05) is 18.3 Å². The van der Waals surface area contributed by atoms with Gasteiger partial charge in [-0.3, -0.25) is 4.79 Å². The fourth-order valence-corrected chi connectivity index (χ4v) is 4.10. The van der Waals surface area contributed by atoms with Crippen LogP contribution in [0.5, 0.6) is 0 Å². The Bertz CT molecular complexity index is 849. The summed E-state index contributed by atoms with van der Waals surface area (Å²) in [6, 6.07) is 11.9. The van der Waals surface area contributed by atoms with Gasteiger partial charge in [0.05, 0.1) is 12.1 Å². The molecule has 0 radical (unpaired) electrons. The average Bonchev–Trinajstić information content (AvgIpc) is 2.98. The molecule has 0 spiro atoms. The summed E-state index contributed by atoms with van der Waals surface area (Å²) < 4.78 is 1.95. The van der Waals surface area contributed by atoms with E-state index in [9.17, 15) is 10.1 Å². The number of piperidine rings is 1. The van der Waals surface area contributed by atoms with Gasteiger partial charge in [-0.25, -0.2) is 0 Å². The maximum absolute atomic E-state index is 12.8. The molecule has 3 heterocycles. The smallest absolute Gasteiger partial charge is 0.243 e. The Labute approximate surface area is 139 Å². The first-order chi connectivity index (χ1) is 11.1. The van der Waals surface area contributed by atoms with Crippen LogP contribution in [0, 0.1) is 17.2 Å². The van der Waals surface area contributed by atoms with E-state index in [1.165, 1.54) is 0 Å². The zero-order valence-corrected chi connectivity index (χ0v) is 13.3. The number of alkyl halides is 1. The highest BCUT2D eigenvalue weighted by molar-refractivity contribution is 6.27. The number of carbonyl (C=O) groups excluding carboxylic acids is 1. The largest absolute Gasteiger partial charge is 0.338 e. The molecule has 0 saturated carbocycles. The Morgan fingerprint density at radius 1 is 1.35 bits per heavy atom. The van der Waals surface area contributed by atoms with Crippen molar-refractivity contribution in [3.8, 4) is 6.07 Å². The summed E-state index contributed by atoms with van der Waals surface area (Å²) in [4.78, 5) is 13.6.